The predicted molar refractivity (Wildman–Crippen MR) is 73.4 cm³/mol. The highest BCUT2D eigenvalue weighted by atomic mass is 16.6. The lowest BCUT2D eigenvalue weighted by molar-refractivity contribution is 0.0484. The highest BCUT2D eigenvalue weighted by Gasteiger charge is 2.33. The monoisotopic (exact) mass is 284 g/mol. The van der Waals surface area contributed by atoms with Gasteiger partial charge >= 0.3 is 12.2 Å². The van der Waals surface area contributed by atoms with E-state index in [1.54, 1.807) is 0 Å². The molecule has 1 atom stereocenters. The Kier molecular flexibility index (Phi) is 4.40. The van der Waals surface area contributed by atoms with Gasteiger partial charge < -0.3 is 20.1 Å². The van der Waals surface area contributed by atoms with Crippen molar-refractivity contribution in [3.63, 3.8) is 0 Å². The predicted octanol–water partition coefficient (Wildman–Crippen LogP) is 2.18. The number of cyclic esters (lactones) is 1. The van der Waals surface area contributed by atoms with E-state index in [0.717, 1.165) is 25.7 Å². The van der Waals surface area contributed by atoms with Gasteiger partial charge in [0.05, 0.1) is 6.04 Å². The van der Waals surface area contributed by atoms with Crippen LogP contribution in [-0.4, -0.2) is 36.5 Å². The van der Waals surface area contributed by atoms with Crippen molar-refractivity contribution in [2.24, 2.45) is 5.92 Å². The summed E-state index contributed by atoms with van der Waals surface area (Å²) in [6.45, 7) is 6.03. The zero-order chi connectivity index (χ0) is 14.8. The second-order valence-electron chi connectivity index (χ2n) is 6.61. The van der Waals surface area contributed by atoms with Crippen molar-refractivity contribution >= 4 is 12.2 Å². The summed E-state index contributed by atoms with van der Waals surface area (Å²) in [6, 6.07) is 0.295. The van der Waals surface area contributed by atoms with Crippen LogP contribution in [0.3, 0.4) is 0 Å². The van der Waals surface area contributed by atoms with E-state index in [9.17, 15) is 9.59 Å². The third-order valence-electron chi connectivity index (χ3n) is 3.76. The number of nitrogens with one attached hydrogen (secondary N) is 2. The lowest BCUT2D eigenvalue weighted by atomic mass is 9.82. The minimum absolute atomic E-state index is 0.130. The maximum atomic E-state index is 11.7. The third kappa shape index (κ3) is 4.28. The molecule has 0 spiro atoms. The van der Waals surface area contributed by atoms with E-state index in [1.165, 1.54) is 0 Å². The van der Waals surface area contributed by atoms with Crippen LogP contribution in [0.1, 0.15) is 46.5 Å². The molecule has 2 aliphatic rings. The van der Waals surface area contributed by atoms with Gasteiger partial charge in [-0.1, -0.05) is 0 Å². The molecule has 20 heavy (non-hydrogen) atoms. The van der Waals surface area contributed by atoms with Crippen molar-refractivity contribution in [3.8, 4) is 0 Å². The Balaban J connectivity index is 1.71. The molecule has 0 radical (unpaired) electrons. The number of hydrogen-bond donors (Lipinski definition) is 2. The maximum Gasteiger partial charge on any atom is 0.407 e. The molecular weight excluding hydrogens is 260 g/mol. The van der Waals surface area contributed by atoms with Crippen LogP contribution in [0, 0.1) is 5.92 Å². The van der Waals surface area contributed by atoms with E-state index in [-0.39, 0.29) is 24.3 Å². The van der Waals surface area contributed by atoms with Gasteiger partial charge in [0, 0.05) is 6.04 Å². The van der Waals surface area contributed by atoms with Gasteiger partial charge in [0.2, 0.25) is 0 Å². The topological polar surface area (TPSA) is 76.7 Å². The average molecular weight is 284 g/mol. The van der Waals surface area contributed by atoms with Gasteiger partial charge in [-0.05, 0) is 52.4 Å². The average Bonchev–Trinajstić information content (AvgIpc) is 2.74. The van der Waals surface area contributed by atoms with Crippen LogP contribution >= 0.6 is 0 Å². The second kappa shape index (κ2) is 5.89. The summed E-state index contributed by atoms with van der Waals surface area (Å²) in [4.78, 5) is 22.7. The van der Waals surface area contributed by atoms with Crippen molar-refractivity contribution in [3.05, 3.63) is 0 Å². The first kappa shape index (κ1) is 14.9. The number of amides is 2. The molecule has 0 bridgehead atoms. The van der Waals surface area contributed by atoms with Gasteiger partial charge in [-0.25, -0.2) is 9.59 Å². The van der Waals surface area contributed by atoms with Crippen LogP contribution < -0.4 is 10.6 Å². The molecule has 1 saturated carbocycles. The van der Waals surface area contributed by atoms with E-state index in [1.807, 2.05) is 20.8 Å². The van der Waals surface area contributed by atoms with E-state index in [0.29, 0.717) is 12.5 Å². The molecule has 1 unspecified atom stereocenters. The highest BCUT2D eigenvalue weighted by Crippen LogP contribution is 2.28. The van der Waals surface area contributed by atoms with Crippen LogP contribution in [0.15, 0.2) is 0 Å². The smallest absolute Gasteiger partial charge is 0.407 e. The summed E-state index contributed by atoms with van der Waals surface area (Å²) in [5, 5.41) is 5.75. The third-order valence-corrected chi connectivity index (χ3v) is 3.76. The van der Waals surface area contributed by atoms with Crippen LogP contribution in [0.2, 0.25) is 0 Å². The zero-order valence-electron chi connectivity index (χ0n) is 12.4. The first-order valence-electron chi connectivity index (χ1n) is 7.26. The Hall–Kier alpha value is -1.46. The first-order chi connectivity index (χ1) is 9.33. The molecular formula is C14H24N2O4. The van der Waals surface area contributed by atoms with Crippen LogP contribution in [-0.2, 0) is 9.47 Å². The Morgan fingerprint density at radius 3 is 2.45 bits per heavy atom. The summed E-state index contributed by atoms with van der Waals surface area (Å²) in [5.41, 5.74) is -0.466. The Bertz CT molecular complexity index is 370. The molecule has 0 aromatic carbocycles. The van der Waals surface area contributed by atoms with Crippen molar-refractivity contribution in [2.45, 2.75) is 64.1 Å². The number of hydrogen-bond acceptors (Lipinski definition) is 4. The van der Waals surface area contributed by atoms with Gasteiger partial charge in [0.1, 0.15) is 12.2 Å². The van der Waals surface area contributed by atoms with Crippen molar-refractivity contribution in [1.29, 1.82) is 0 Å². The van der Waals surface area contributed by atoms with Crippen molar-refractivity contribution < 1.29 is 19.1 Å². The Morgan fingerprint density at radius 1 is 1.30 bits per heavy atom. The van der Waals surface area contributed by atoms with Crippen LogP contribution in [0.4, 0.5) is 9.59 Å². The molecule has 0 aromatic heterocycles. The molecule has 6 nitrogen and oxygen atoms in total. The molecule has 2 fully saturated rings. The molecule has 2 N–H and O–H groups in total. The molecule has 2 rings (SSSR count). The van der Waals surface area contributed by atoms with Crippen molar-refractivity contribution in [1.82, 2.24) is 10.6 Å². The molecule has 1 aliphatic carbocycles. The van der Waals surface area contributed by atoms with E-state index >= 15 is 0 Å². The largest absolute Gasteiger partial charge is 0.447 e. The van der Waals surface area contributed by atoms with E-state index in [4.69, 9.17) is 9.47 Å². The summed E-state index contributed by atoms with van der Waals surface area (Å²) in [6.07, 6.45) is 3.12. The van der Waals surface area contributed by atoms with Crippen molar-refractivity contribution in [2.75, 3.05) is 6.61 Å². The summed E-state index contributed by atoms with van der Waals surface area (Å²) >= 11 is 0. The minimum Gasteiger partial charge on any atom is -0.447 e. The molecule has 2 amide bonds. The van der Waals surface area contributed by atoms with Gasteiger partial charge in [-0.15, -0.1) is 0 Å². The normalized spacial score (nSPS) is 30.4. The fourth-order valence-corrected chi connectivity index (χ4v) is 2.79. The SMILES string of the molecule is CC(C)(C)OC(=O)NC1CCC(C2COC(=O)N2)CC1. The van der Waals surface area contributed by atoms with E-state index < -0.39 is 5.60 Å². The van der Waals surface area contributed by atoms with Gasteiger partial charge in [0.15, 0.2) is 0 Å². The maximum absolute atomic E-state index is 11.7. The molecule has 114 valence electrons. The van der Waals surface area contributed by atoms with E-state index in [2.05, 4.69) is 10.6 Å². The van der Waals surface area contributed by atoms with Gasteiger partial charge in [0.25, 0.3) is 0 Å². The minimum atomic E-state index is -0.466. The highest BCUT2D eigenvalue weighted by molar-refractivity contribution is 5.69. The lowest BCUT2D eigenvalue weighted by Crippen LogP contribution is -2.43. The fraction of sp³-hybridized carbons (Fsp3) is 0.857. The number of carbonyl (C=O) groups is 2. The Labute approximate surface area is 119 Å². The summed E-state index contributed by atoms with van der Waals surface area (Å²) < 4.78 is 10.2. The van der Waals surface area contributed by atoms with Gasteiger partial charge in [-0.2, -0.15) is 0 Å². The molecule has 1 aliphatic heterocycles. The van der Waals surface area contributed by atoms with Gasteiger partial charge in [-0.3, -0.25) is 0 Å². The number of carbonyl (C=O) groups excluding carboxylic acids is 2. The molecule has 1 heterocycles. The number of alkyl carbamates (subject to hydrolysis) is 2. The molecule has 1 saturated heterocycles. The second-order valence-corrected chi connectivity index (χ2v) is 6.61. The standard InChI is InChI=1S/C14H24N2O4/c1-14(2,3)20-13(18)15-10-6-4-9(5-7-10)11-8-19-12(17)16-11/h9-11H,4-8H2,1-3H3,(H,15,18)(H,16,17). The van der Waals surface area contributed by atoms with Crippen LogP contribution in [0.5, 0.6) is 0 Å². The number of ether oxygens (including phenoxy) is 2. The summed E-state index contributed by atoms with van der Waals surface area (Å²) in [5.74, 6) is 0.443. The van der Waals surface area contributed by atoms with Crippen LogP contribution in [0.25, 0.3) is 0 Å². The fourth-order valence-electron chi connectivity index (χ4n) is 2.79. The quantitative estimate of drug-likeness (QED) is 0.815. The lowest BCUT2D eigenvalue weighted by Gasteiger charge is -2.32. The summed E-state index contributed by atoms with van der Waals surface area (Å²) in [7, 11) is 0. The number of rotatable bonds is 2. The Morgan fingerprint density at radius 2 is 1.95 bits per heavy atom. The molecule has 0 aromatic rings. The zero-order valence-corrected chi connectivity index (χ0v) is 12.4. The molecule has 6 heteroatoms. The first-order valence-corrected chi connectivity index (χ1v) is 7.26.